The third kappa shape index (κ3) is 2.52. The number of aliphatic hydroxyl groups excluding tert-OH is 2. The van der Waals surface area contributed by atoms with E-state index in [1.165, 1.54) is 0 Å². The van der Waals surface area contributed by atoms with Crippen molar-refractivity contribution >= 4 is 11.9 Å². The average molecular weight is 162 g/mol. The Balaban J connectivity index is 4.34. The van der Waals surface area contributed by atoms with Crippen LogP contribution in [0.15, 0.2) is 0 Å². The summed E-state index contributed by atoms with van der Waals surface area (Å²) < 4.78 is 0. The van der Waals surface area contributed by atoms with E-state index in [2.05, 4.69) is 0 Å². The maximum atomic E-state index is 9.94. The summed E-state index contributed by atoms with van der Waals surface area (Å²) in [4.78, 5) is 19.9. The lowest BCUT2D eigenvalue weighted by Gasteiger charge is -2.22. The number of hydrogen-bond acceptors (Lipinski definition) is 6. The van der Waals surface area contributed by atoms with E-state index >= 15 is 0 Å². The number of rotatable bonds is 4. The molecule has 0 aromatic carbocycles. The van der Waals surface area contributed by atoms with Crippen LogP contribution in [-0.4, -0.2) is 34.9 Å². The highest BCUT2D eigenvalue weighted by molar-refractivity contribution is 5.91. The summed E-state index contributed by atoms with van der Waals surface area (Å²) in [6.45, 7) is -0.966. The van der Waals surface area contributed by atoms with Crippen molar-refractivity contribution in [3.8, 4) is 0 Å². The van der Waals surface area contributed by atoms with Gasteiger partial charge in [-0.3, -0.25) is 0 Å². The van der Waals surface area contributed by atoms with Crippen LogP contribution in [0.5, 0.6) is 0 Å². The minimum Gasteiger partial charge on any atom is -0.549 e. The fourth-order valence-electron chi connectivity index (χ4n) is 0.516. The van der Waals surface area contributed by atoms with Gasteiger partial charge in [-0.15, -0.1) is 0 Å². The minimum absolute atomic E-state index is 0.966. The number of carboxylic acids is 2. The predicted octanol–water partition coefficient (Wildman–Crippen LogP) is -4.54. The van der Waals surface area contributed by atoms with Crippen LogP contribution in [0.3, 0.4) is 0 Å². The van der Waals surface area contributed by atoms with Gasteiger partial charge in [0.15, 0.2) is 0 Å². The first-order chi connectivity index (χ1) is 5.00. The summed E-state index contributed by atoms with van der Waals surface area (Å²) >= 11 is 0. The highest BCUT2D eigenvalue weighted by atomic mass is 16.4. The summed E-state index contributed by atoms with van der Waals surface area (Å²) in [6, 6.07) is 0. The minimum atomic E-state index is -2.18. The Morgan fingerprint density at radius 1 is 1.27 bits per heavy atom. The first-order valence-corrected chi connectivity index (χ1v) is 2.71. The van der Waals surface area contributed by atoms with Crippen molar-refractivity contribution in [2.45, 2.75) is 6.10 Å². The van der Waals surface area contributed by atoms with Crippen LogP contribution >= 0.6 is 0 Å². The van der Waals surface area contributed by atoms with E-state index in [-0.39, 0.29) is 0 Å². The molecule has 0 amide bonds. The number of aliphatic hydroxyl groups is 2. The summed E-state index contributed by atoms with van der Waals surface area (Å²) in [5.74, 6) is -6.14. The Bertz CT molecular complexity index is 150. The Morgan fingerprint density at radius 2 is 1.64 bits per heavy atom. The molecule has 1 atom stereocenters. The molecule has 0 radical (unpaired) electrons. The Hall–Kier alpha value is -1.14. The fraction of sp³-hybridized carbons (Fsp3) is 0.600. The van der Waals surface area contributed by atoms with Crippen LogP contribution in [0.25, 0.3) is 0 Å². The zero-order chi connectivity index (χ0) is 9.02. The maximum Gasteiger partial charge on any atom is 0.0903 e. The van der Waals surface area contributed by atoms with Crippen LogP contribution < -0.4 is 10.2 Å². The van der Waals surface area contributed by atoms with E-state index in [9.17, 15) is 19.8 Å². The van der Waals surface area contributed by atoms with Gasteiger partial charge in [-0.05, 0) is 0 Å². The van der Waals surface area contributed by atoms with E-state index in [4.69, 9.17) is 10.2 Å². The molecule has 2 N–H and O–H groups in total. The predicted molar refractivity (Wildman–Crippen MR) is 26.6 cm³/mol. The molecule has 0 rings (SSSR count). The van der Waals surface area contributed by atoms with Crippen LogP contribution in [-0.2, 0) is 9.59 Å². The van der Waals surface area contributed by atoms with Gasteiger partial charge in [0, 0.05) is 0 Å². The number of aliphatic carboxylic acids is 2. The molecule has 0 bridgehead atoms. The van der Waals surface area contributed by atoms with E-state index in [1.54, 1.807) is 0 Å². The summed E-state index contributed by atoms with van der Waals surface area (Å²) in [5, 5.41) is 36.6. The molecule has 0 saturated carbocycles. The first kappa shape index (κ1) is 9.86. The molecule has 6 nitrogen and oxygen atoms in total. The van der Waals surface area contributed by atoms with Crippen molar-refractivity contribution in [1.82, 2.24) is 0 Å². The monoisotopic (exact) mass is 162 g/mol. The second kappa shape index (κ2) is 3.89. The standard InChI is InChI=1S/C5H8O6/c6-1-2(7)3(4(8)9)5(10)11/h2-3,6-7H,1H2,(H,8,9)(H,10,11)/p-2. The number of carbonyl (C=O) groups excluding carboxylic acids is 2. The van der Waals surface area contributed by atoms with Gasteiger partial charge < -0.3 is 30.0 Å². The van der Waals surface area contributed by atoms with Gasteiger partial charge in [-0.25, -0.2) is 0 Å². The van der Waals surface area contributed by atoms with Gasteiger partial charge in [0.2, 0.25) is 0 Å². The van der Waals surface area contributed by atoms with Crippen LogP contribution in [0.2, 0.25) is 0 Å². The van der Waals surface area contributed by atoms with E-state index in [0.717, 1.165) is 0 Å². The Kier molecular flexibility index (Phi) is 3.49. The highest BCUT2D eigenvalue weighted by Gasteiger charge is 2.20. The van der Waals surface area contributed by atoms with Gasteiger partial charge in [0.25, 0.3) is 0 Å². The lowest BCUT2D eigenvalue weighted by molar-refractivity contribution is -0.335. The Labute approximate surface area is 61.7 Å². The molecular formula is C5H6O6-2. The van der Waals surface area contributed by atoms with Crippen molar-refractivity contribution in [2.24, 2.45) is 5.92 Å². The number of carboxylic acid groups (broad SMARTS) is 2. The summed E-state index contributed by atoms with van der Waals surface area (Å²) in [7, 11) is 0. The second-order valence-electron chi connectivity index (χ2n) is 1.87. The van der Waals surface area contributed by atoms with Crippen molar-refractivity contribution in [2.75, 3.05) is 6.61 Å². The smallest absolute Gasteiger partial charge is 0.0903 e. The highest BCUT2D eigenvalue weighted by Crippen LogP contribution is 2.00. The largest absolute Gasteiger partial charge is 0.549 e. The molecule has 0 heterocycles. The average Bonchev–Trinajstić information content (AvgIpc) is 1.85. The molecule has 0 spiro atoms. The fourth-order valence-corrected chi connectivity index (χ4v) is 0.516. The van der Waals surface area contributed by atoms with Crippen molar-refractivity contribution in [3.05, 3.63) is 0 Å². The van der Waals surface area contributed by atoms with E-state index in [0.29, 0.717) is 0 Å². The zero-order valence-electron chi connectivity index (χ0n) is 5.39. The molecule has 0 saturated heterocycles. The van der Waals surface area contributed by atoms with Crippen molar-refractivity contribution in [1.29, 1.82) is 0 Å². The first-order valence-electron chi connectivity index (χ1n) is 2.71. The maximum absolute atomic E-state index is 9.94. The van der Waals surface area contributed by atoms with Gasteiger partial charge >= 0.3 is 0 Å². The van der Waals surface area contributed by atoms with Crippen molar-refractivity contribution in [3.63, 3.8) is 0 Å². The molecule has 0 aliphatic heterocycles. The summed E-state index contributed by atoms with van der Waals surface area (Å²) in [6.07, 6.45) is -1.88. The molecule has 0 fully saturated rings. The lowest BCUT2D eigenvalue weighted by Crippen LogP contribution is -2.50. The second-order valence-corrected chi connectivity index (χ2v) is 1.87. The molecule has 64 valence electrons. The van der Waals surface area contributed by atoms with Gasteiger partial charge in [-0.1, -0.05) is 0 Å². The normalized spacial score (nSPS) is 13.0. The van der Waals surface area contributed by atoms with Crippen molar-refractivity contribution < 1.29 is 30.0 Å². The molecule has 6 heteroatoms. The molecule has 0 aromatic heterocycles. The third-order valence-electron chi connectivity index (χ3n) is 1.08. The number of hydrogen-bond donors (Lipinski definition) is 2. The number of carbonyl (C=O) groups is 2. The molecular weight excluding hydrogens is 156 g/mol. The van der Waals surface area contributed by atoms with Gasteiger partial charge in [-0.2, -0.15) is 0 Å². The lowest BCUT2D eigenvalue weighted by atomic mass is 10.0. The van der Waals surface area contributed by atoms with Crippen LogP contribution in [0.1, 0.15) is 0 Å². The van der Waals surface area contributed by atoms with E-state index in [1.807, 2.05) is 0 Å². The molecule has 0 aliphatic carbocycles. The molecule has 0 aromatic rings. The Morgan fingerprint density at radius 3 is 1.73 bits per heavy atom. The van der Waals surface area contributed by atoms with Crippen LogP contribution in [0, 0.1) is 5.92 Å². The SMILES string of the molecule is O=C([O-])C(C(=O)[O-])C(O)CO. The van der Waals surface area contributed by atoms with Crippen LogP contribution in [0.4, 0.5) is 0 Å². The quantitative estimate of drug-likeness (QED) is 0.401. The molecule has 11 heavy (non-hydrogen) atoms. The van der Waals surface area contributed by atoms with Gasteiger partial charge in [0.05, 0.1) is 30.6 Å². The van der Waals surface area contributed by atoms with E-state index < -0.39 is 30.6 Å². The topological polar surface area (TPSA) is 121 Å². The summed E-state index contributed by atoms with van der Waals surface area (Å²) in [5.41, 5.74) is 0. The molecule has 1 unspecified atom stereocenters. The zero-order valence-corrected chi connectivity index (χ0v) is 5.39. The third-order valence-corrected chi connectivity index (χ3v) is 1.08. The van der Waals surface area contributed by atoms with Gasteiger partial charge in [0.1, 0.15) is 0 Å². The molecule has 0 aliphatic rings.